The highest BCUT2D eigenvalue weighted by Gasteiger charge is 2.28. The minimum atomic E-state index is -0.633. The van der Waals surface area contributed by atoms with Gasteiger partial charge in [0, 0.05) is 4.88 Å². The third kappa shape index (κ3) is 4.38. The number of methoxy groups -OCH3 is 1. The van der Waals surface area contributed by atoms with Crippen LogP contribution in [0, 0.1) is 13.8 Å². The Labute approximate surface area is 170 Å². The Morgan fingerprint density at radius 2 is 1.82 bits per heavy atom. The summed E-state index contributed by atoms with van der Waals surface area (Å²) in [5, 5.41) is 3.51. The van der Waals surface area contributed by atoms with Crippen LogP contribution in [0.1, 0.15) is 58.1 Å². The maximum absolute atomic E-state index is 12.9. The third-order valence-electron chi connectivity index (χ3n) is 4.93. The topological polar surface area (TPSA) is 64.6 Å². The molecule has 1 heterocycles. The second-order valence-corrected chi connectivity index (χ2v) is 8.34. The van der Waals surface area contributed by atoms with E-state index < -0.39 is 12.1 Å². The van der Waals surface area contributed by atoms with Crippen molar-refractivity contribution in [1.82, 2.24) is 0 Å². The molecule has 1 aromatic heterocycles. The van der Waals surface area contributed by atoms with E-state index in [1.54, 1.807) is 0 Å². The van der Waals surface area contributed by atoms with Gasteiger partial charge < -0.3 is 14.8 Å². The van der Waals surface area contributed by atoms with Crippen LogP contribution in [0.25, 0.3) is 0 Å². The number of benzene rings is 1. The predicted octanol–water partition coefficient (Wildman–Crippen LogP) is 4.83. The molecule has 1 amide bonds. The van der Waals surface area contributed by atoms with Crippen molar-refractivity contribution >= 4 is 28.2 Å². The van der Waals surface area contributed by atoms with Gasteiger partial charge in [0.2, 0.25) is 0 Å². The molecule has 0 saturated heterocycles. The zero-order valence-corrected chi connectivity index (χ0v) is 17.7. The summed E-state index contributed by atoms with van der Waals surface area (Å²) in [5.41, 5.74) is 3.71. The van der Waals surface area contributed by atoms with E-state index in [1.807, 2.05) is 32.9 Å². The van der Waals surface area contributed by atoms with Crippen molar-refractivity contribution in [3.63, 3.8) is 0 Å². The first-order valence-corrected chi connectivity index (χ1v) is 10.5. The number of ether oxygens (including phenoxy) is 2. The monoisotopic (exact) mass is 401 g/mol. The van der Waals surface area contributed by atoms with Crippen LogP contribution in [0.15, 0.2) is 18.2 Å². The molecular formula is C22H27NO4S. The van der Waals surface area contributed by atoms with Gasteiger partial charge in [0.05, 0.1) is 12.7 Å². The van der Waals surface area contributed by atoms with Gasteiger partial charge in [0.25, 0.3) is 5.91 Å². The maximum Gasteiger partial charge on any atom is 0.341 e. The van der Waals surface area contributed by atoms with Crippen LogP contribution in [-0.4, -0.2) is 25.1 Å². The Hall–Kier alpha value is -2.34. The third-order valence-corrected chi connectivity index (χ3v) is 6.14. The van der Waals surface area contributed by atoms with E-state index in [1.165, 1.54) is 23.3 Å². The van der Waals surface area contributed by atoms with Gasteiger partial charge in [-0.2, -0.15) is 0 Å². The molecule has 0 saturated carbocycles. The Balaban J connectivity index is 1.82. The number of carbonyl (C=O) groups is 2. The number of fused-ring (bicyclic) bond motifs is 1. The van der Waals surface area contributed by atoms with Crippen LogP contribution in [0.4, 0.5) is 5.00 Å². The van der Waals surface area contributed by atoms with Crippen LogP contribution >= 0.6 is 11.3 Å². The summed E-state index contributed by atoms with van der Waals surface area (Å²) >= 11 is 1.48. The molecule has 0 spiro atoms. The molecule has 1 N–H and O–H groups in total. The van der Waals surface area contributed by atoms with Crippen LogP contribution < -0.4 is 10.1 Å². The molecule has 0 radical (unpaired) electrons. The number of esters is 1. The predicted molar refractivity (Wildman–Crippen MR) is 112 cm³/mol. The summed E-state index contributed by atoms with van der Waals surface area (Å²) in [6.45, 7) is 5.91. The van der Waals surface area contributed by atoms with Gasteiger partial charge in [0.1, 0.15) is 10.8 Å². The zero-order chi connectivity index (χ0) is 20.3. The number of thiophene rings is 1. The lowest BCUT2D eigenvalue weighted by atomic mass is 9.95. The number of hydrogen-bond donors (Lipinski definition) is 1. The van der Waals surface area contributed by atoms with Crippen LogP contribution in [0.2, 0.25) is 0 Å². The normalized spacial score (nSPS) is 14.1. The lowest BCUT2D eigenvalue weighted by molar-refractivity contribution is -0.122. The van der Waals surface area contributed by atoms with Crippen molar-refractivity contribution in [2.24, 2.45) is 0 Å². The summed E-state index contributed by atoms with van der Waals surface area (Å²) in [7, 11) is 1.37. The van der Waals surface area contributed by atoms with Gasteiger partial charge in [-0.3, -0.25) is 4.79 Å². The summed E-state index contributed by atoms with van der Waals surface area (Å²) in [4.78, 5) is 26.4. The maximum atomic E-state index is 12.9. The van der Waals surface area contributed by atoms with Gasteiger partial charge in [-0.05, 0) is 74.8 Å². The van der Waals surface area contributed by atoms with Gasteiger partial charge in [-0.15, -0.1) is 11.3 Å². The highest BCUT2D eigenvalue weighted by Crippen LogP contribution is 2.38. The van der Waals surface area contributed by atoms with Crippen molar-refractivity contribution in [3.8, 4) is 5.75 Å². The highest BCUT2D eigenvalue weighted by atomic mass is 32.1. The largest absolute Gasteiger partial charge is 0.481 e. The molecule has 3 rings (SSSR count). The van der Waals surface area contributed by atoms with E-state index >= 15 is 0 Å². The zero-order valence-electron chi connectivity index (χ0n) is 16.9. The number of nitrogens with one attached hydrogen (secondary N) is 1. The van der Waals surface area contributed by atoms with Crippen LogP contribution in [0.5, 0.6) is 5.75 Å². The molecule has 5 nitrogen and oxygen atoms in total. The quantitative estimate of drug-likeness (QED) is 0.705. The van der Waals surface area contributed by atoms with Crippen molar-refractivity contribution in [2.75, 3.05) is 12.4 Å². The highest BCUT2D eigenvalue weighted by molar-refractivity contribution is 7.17. The fourth-order valence-electron chi connectivity index (χ4n) is 3.65. The van der Waals surface area contributed by atoms with Crippen molar-refractivity contribution in [1.29, 1.82) is 0 Å². The van der Waals surface area contributed by atoms with E-state index in [-0.39, 0.29) is 5.91 Å². The first kappa shape index (κ1) is 20.4. The van der Waals surface area contributed by atoms with Gasteiger partial charge in [-0.1, -0.05) is 13.0 Å². The molecule has 1 aliphatic carbocycles. The molecule has 1 aromatic carbocycles. The molecule has 0 aliphatic heterocycles. The minimum absolute atomic E-state index is 0.245. The average Bonchev–Trinajstić information content (AvgIpc) is 3.02. The smallest absolute Gasteiger partial charge is 0.341 e. The number of hydrogen-bond acceptors (Lipinski definition) is 5. The Bertz CT molecular complexity index is 867. The molecule has 28 heavy (non-hydrogen) atoms. The molecular weight excluding hydrogens is 374 g/mol. The molecule has 1 atom stereocenters. The molecule has 0 fully saturated rings. The second kappa shape index (κ2) is 8.78. The van der Waals surface area contributed by atoms with Crippen molar-refractivity contribution in [3.05, 3.63) is 45.3 Å². The molecule has 150 valence electrons. The summed E-state index contributed by atoms with van der Waals surface area (Å²) in [6, 6.07) is 5.91. The van der Waals surface area contributed by atoms with E-state index in [9.17, 15) is 9.59 Å². The average molecular weight is 402 g/mol. The summed E-state index contributed by atoms with van der Waals surface area (Å²) in [6.07, 6.45) is 3.84. The fraction of sp³-hybridized carbons (Fsp3) is 0.455. The van der Waals surface area contributed by atoms with E-state index in [0.29, 0.717) is 22.7 Å². The standard InChI is InChI=1S/C22H27NO4S/c1-5-17(27-15-11-13(2)10-14(3)12-15)20(24)23-21-19(22(25)26-4)16-8-6-7-9-18(16)28-21/h10-12,17H,5-9H2,1-4H3,(H,23,24)/t17-/m1/s1. The van der Waals surface area contributed by atoms with Crippen LogP contribution in [0.3, 0.4) is 0 Å². The van der Waals surface area contributed by atoms with Crippen molar-refractivity contribution < 1.29 is 19.1 Å². The molecule has 1 aliphatic rings. The van der Waals surface area contributed by atoms with Gasteiger partial charge >= 0.3 is 5.97 Å². The van der Waals surface area contributed by atoms with Crippen LogP contribution in [-0.2, 0) is 22.4 Å². The Morgan fingerprint density at radius 1 is 1.14 bits per heavy atom. The fourth-order valence-corrected chi connectivity index (χ4v) is 4.93. The number of amides is 1. The molecule has 6 heteroatoms. The molecule has 2 aromatic rings. The number of carbonyl (C=O) groups excluding carboxylic acids is 2. The van der Waals surface area contributed by atoms with E-state index in [2.05, 4.69) is 11.4 Å². The van der Waals surface area contributed by atoms with Gasteiger partial charge in [0.15, 0.2) is 6.10 Å². The van der Waals surface area contributed by atoms with E-state index in [4.69, 9.17) is 9.47 Å². The first-order valence-electron chi connectivity index (χ1n) is 9.71. The van der Waals surface area contributed by atoms with Crippen molar-refractivity contribution in [2.45, 2.75) is 59.0 Å². The second-order valence-electron chi connectivity index (χ2n) is 7.23. The SMILES string of the molecule is CC[C@@H](Oc1cc(C)cc(C)c1)C(=O)Nc1sc2c(c1C(=O)OC)CCCC2. The summed E-state index contributed by atoms with van der Waals surface area (Å²) in [5.74, 6) is 0.0431. The number of aryl methyl sites for hydroxylation is 3. The molecule has 0 unspecified atom stereocenters. The minimum Gasteiger partial charge on any atom is -0.481 e. The number of rotatable bonds is 6. The Morgan fingerprint density at radius 3 is 2.46 bits per heavy atom. The van der Waals surface area contributed by atoms with E-state index in [0.717, 1.165) is 42.4 Å². The Kier molecular flexibility index (Phi) is 6.39. The lowest BCUT2D eigenvalue weighted by Gasteiger charge is -2.18. The van der Waals surface area contributed by atoms with Gasteiger partial charge in [-0.25, -0.2) is 4.79 Å². The first-order chi connectivity index (χ1) is 13.4. The molecule has 0 bridgehead atoms. The summed E-state index contributed by atoms with van der Waals surface area (Å²) < 4.78 is 10.9. The lowest BCUT2D eigenvalue weighted by Crippen LogP contribution is -2.32. The number of anilines is 1.